The molecule has 2 aromatic carbocycles. The van der Waals surface area contributed by atoms with Crippen LogP contribution in [0.5, 0.6) is 5.75 Å². The third-order valence-corrected chi connectivity index (χ3v) is 3.49. The number of nitrogen functional groups attached to an aromatic ring is 1. The fraction of sp³-hybridized carbons (Fsp3) is 0. The largest absolute Gasteiger partial charge is 0.507 e. The van der Waals surface area contributed by atoms with E-state index in [-0.39, 0.29) is 16.8 Å². The minimum absolute atomic E-state index is 0.150. The summed E-state index contributed by atoms with van der Waals surface area (Å²) in [5.41, 5.74) is 5.48. The molecule has 5 nitrogen and oxygen atoms in total. The Labute approximate surface area is 102 Å². The Kier molecular flexibility index (Phi) is 2.65. The lowest BCUT2D eigenvalue weighted by atomic mass is 10.1. The molecule has 0 fully saturated rings. The maximum atomic E-state index is 11.1. The van der Waals surface area contributed by atoms with Gasteiger partial charge in [-0.2, -0.15) is 8.42 Å². The number of hydrogen-bond acceptors (Lipinski definition) is 4. The van der Waals surface area contributed by atoms with Gasteiger partial charge in [-0.25, -0.2) is 0 Å². The van der Waals surface area contributed by atoms with Crippen LogP contribution in [-0.2, 0) is 10.1 Å². The van der Waals surface area contributed by atoms with Gasteiger partial charge in [-0.1, -0.05) is 11.6 Å². The van der Waals surface area contributed by atoms with E-state index in [1.807, 2.05) is 0 Å². The molecular formula is C10H8ClNO4S. The molecular weight excluding hydrogens is 266 g/mol. The van der Waals surface area contributed by atoms with Crippen molar-refractivity contribution in [3.63, 3.8) is 0 Å². The van der Waals surface area contributed by atoms with Gasteiger partial charge in [-0.3, -0.25) is 4.55 Å². The van der Waals surface area contributed by atoms with Crippen molar-refractivity contribution in [2.24, 2.45) is 0 Å². The zero-order valence-electron chi connectivity index (χ0n) is 8.38. The van der Waals surface area contributed by atoms with Crippen molar-refractivity contribution in [1.82, 2.24) is 0 Å². The van der Waals surface area contributed by atoms with E-state index < -0.39 is 15.0 Å². The molecule has 4 N–H and O–H groups in total. The Morgan fingerprint density at radius 1 is 1.18 bits per heavy atom. The molecule has 0 heterocycles. The van der Waals surface area contributed by atoms with Crippen LogP contribution in [0.25, 0.3) is 10.8 Å². The third-order valence-electron chi connectivity index (χ3n) is 2.36. The number of halogens is 1. The summed E-state index contributed by atoms with van der Waals surface area (Å²) in [7, 11) is -4.49. The standard InChI is InChI=1S/C10H8ClNO4S/c11-5-1-2-6-7(3-5)10(12)9(4-8(6)13)17(14,15)16/h1-4,13H,12H2,(H,14,15,16). The van der Waals surface area contributed by atoms with E-state index in [2.05, 4.69) is 0 Å². The second-order valence-corrected chi connectivity index (χ2v) is 5.30. The lowest BCUT2D eigenvalue weighted by Gasteiger charge is -2.09. The normalized spacial score (nSPS) is 11.9. The van der Waals surface area contributed by atoms with Gasteiger partial charge < -0.3 is 10.8 Å². The van der Waals surface area contributed by atoms with Crippen molar-refractivity contribution in [3.8, 4) is 5.75 Å². The van der Waals surface area contributed by atoms with Crippen molar-refractivity contribution in [3.05, 3.63) is 29.3 Å². The van der Waals surface area contributed by atoms with E-state index >= 15 is 0 Å². The van der Waals surface area contributed by atoms with Crippen molar-refractivity contribution < 1.29 is 18.1 Å². The first-order valence-corrected chi connectivity index (χ1v) is 6.30. The summed E-state index contributed by atoms with van der Waals surface area (Å²) in [6, 6.07) is 5.37. The third kappa shape index (κ3) is 2.02. The fourth-order valence-corrected chi connectivity index (χ4v) is 2.41. The highest BCUT2D eigenvalue weighted by molar-refractivity contribution is 7.86. The van der Waals surface area contributed by atoms with Crippen LogP contribution >= 0.6 is 11.6 Å². The minimum atomic E-state index is -4.49. The summed E-state index contributed by atoms with van der Waals surface area (Å²) < 4.78 is 31.1. The Hall–Kier alpha value is -1.50. The van der Waals surface area contributed by atoms with Gasteiger partial charge in [0.25, 0.3) is 10.1 Å². The Balaban J connectivity index is 2.98. The first kappa shape index (κ1) is 12.0. The Morgan fingerprint density at radius 2 is 1.82 bits per heavy atom. The maximum absolute atomic E-state index is 11.1. The van der Waals surface area contributed by atoms with Crippen LogP contribution in [0.1, 0.15) is 0 Å². The van der Waals surface area contributed by atoms with Crippen molar-refractivity contribution in [2.75, 3.05) is 5.73 Å². The predicted octanol–water partition coefficient (Wildman–Crippen LogP) is 2.03. The maximum Gasteiger partial charge on any atom is 0.296 e. The second-order valence-electron chi connectivity index (χ2n) is 3.47. The number of hydrogen-bond donors (Lipinski definition) is 3. The molecule has 17 heavy (non-hydrogen) atoms. The monoisotopic (exact) mass is 273 g/mol. The topological polar surface area (TPSA) is 101 Å². The molecule has 2 rings (SSSR count). The molecule has 0 unspecified atom stereocenters. The average molecular weight is 274 g/mol. The van der Waals surface area contributed by atoms with E-state index in [9.17, 15) is 13.5 Å². The molecule has 0 aliphatic rings. The molecule has 0 atom stereocenters. The van der Waals surface area contributed by atoms with Crippen molar-refractivity contribution >= 4 is 38.2 Å². The van der Waals surface area contributed by atoms with Gasteiger partial charge >= 0.3 is 0 Å². The summed E-state index contributed by atoms with van der Waals surface area (Å²) in [6.45, 7) is 0. The zero-order valence-corrected chi connectivity index (χ0v) is 9.96. The van der Waals surface area contributed by atoms with Gasteiger partial charge in [0.2, 0.25) is 0 Å². The molecule has 90 valence electrons. The van der Waals surface area contributed by atoms with Crippen LogP contribution in [0, 0.1) is 0 Å². The van der Waals surface area contributed by atoms with Crippen LogP contribution in [0.3, 0.4) is 0 Å². The Bertz CT molecular complexity index is 712. The quantitative estimate of drug-likeness (QED) is 0.419. The second kappa shape index (κ2) is 3.76. The lowest BCUT2D eigenvalue weighted by Crippen LogP contribution is -2.03. The van der Waals surface area contributed by atoms with Gasteiger partial charge in [0, 0.05) is 21.9 Å². The van der Waals surface area contributed by atoms with E-state index in [4.69, 9.17) is 21.9 Å². The molecule has 0 amide bonds. The smallest absolute Gasteiger partial charge is 0.296 e. The molecule has 0 bridgehead atoms. The van der Waals surface area contributed by atoms with Crippen LogP contribution in [0.4, 0.5) is 5.69 Å². The van der Waals surface area contributed by atoms with Crippen LogP contribution < -0.4 is 5.73 Å². The lowest BCUT2D eigenvalue weighted by molar-refractivity contribution is 0.471. The van der Waals surface area contributed by atoms with Gasteiger partial charge in [-0.05, 0) is 18.2 Å². The number of rotatable bonds is 1. The molecule has 7 heteroatoms. The van der Waals surface area contributed by atoms with E-state index in [1.165, 1.54) is 18.2 Å². The fourth-order valence-electron chi connectivity index (χ4n) is 1.59. The summed E-state index contributed by atoms with van der Waals surface area (Å²) in [5.74, 6) is -0.293. The number of phenols is 1. The number of aromatic hydroxyl groups is 1. The molecule has 0 aliphatic heterocycles. The van der Waals surface area contributed by atoms with Crippen LogP contribution in [-0.4, -0.2) is 18.1 Å². The van der Waals surface area contributed by atoms with E-state index in [0.717, 1.165) is 6.07 Å². The molecule has 0 radical (unpaired) electrons. The molecule has 0 spiro atoms. The van der Waals surface area contributed by atoms with Crippen molar-refractivity contribution in [2.45, 2.75) is 4.90 Å². The molecule has 0 aromatic heterocycles. The van der Waals surface area contributed by atoms with Crippen molar-refractivity contribution in [1.29, 1.82) is 0 Å². The van der Waals surface area contributed by atoms with Gasteiger partial charge in [0.1, 0.15) is 10.6 Å². The number of phenolic OH excluding ortho intramolecular Hbond substituents is 1. The van der Waals surface area contributed by atoms with Gasteiger partial charge in [0.05, 0.1) is 5.69 Å². The minimum Gasteiger partial charge on any atom is -0.507 e. The summed E-state index contributed by atoms with van der Waals surface area (Å²) in [4.78, 5) is -0.537. The van der Waals surface area contributed by atoms with Crippen LogP contribution in [0.15, 0.2) is 29.2 Å². The molecule has 2 aromatic rings. The first-order chi connectivity index (χ1) is 7.80. The van der Waals surface area contributed by atoms with Crippen LogP contribution in [0.2, 0.25) is 5.02 Å². The Morgan fingerprint density at radius 3 is 2.41 bits per heavy atom. The highest BCUT2D eigenvalue weighted by Crippen LogP contribution is 2.36. The number of benzene rings is 2. The average Bonchev–Trinajstić information content (AvgIpc) is 2.21. The first-order valence-electron chi connectivity index (χ1n) is 4.49. The molecule has 0 saturated carbocycles. The van der Waals surface area contributed by atoms with E-state index in [0.29, 0.717) is 10.4 Å². The van der Waals surface area contributed by atoms with Gasteiger partial charge in [0.15, 0.2) is 0 Å². The SMILES string of the molecule is Nc1c(S(=O)(=O)O)cc(O)c2ccc(Cl)cc12. The summed E-state index contributed by atoms with van der Waals surface area (Å²) >= 11 is 5.76. The predicted molar refractivity (Wildman–Crippen MR) is 64.8 cm³/mol. The highest BCUT2D eigenvalue weighted by atomic mass is 35.5. The summed E-state index contributed by atoms with van der Waals surface area (Å²) in [5, 5.41) is 10.6. The number of anilines is 1. The molecule has 0 aliphatic carbocycles. The zero-order chi connectivity index (χ0) is 12.8. The number of fused-ring (bicyclic) bond motifs is 1. The summed E-state index contributed by atoms with van der Waals surface area (Å²) in [6.07, 6.45) is 0. The molecule has 0 saturated heterocycles. The van der Waals surface area contributed by atoms with E-state index in [1.54, 1.807) is 0 Å². The number of nitrogens with two attached hydrogens (primary N) is 1. The van der Waals surface area contributed by atoms with Gasteiger partial charge in [-0.15, -0.1) is 0 Å². The highest BCUT2D eigenvalue weighted by Gasteiger charge is 2.18.